The van der Waals surface area contributed by atoms with Gasteiger partial charge in [0.15, 0.2) is 11.6 Å². The van der Waals surface area contributed by atoms with Crippen LogP contribution in [-0.4, -0.2) is 30.4 Å². The first-order valence-electron chi connectivity index (χ1n) is 4.76. The Hall–Kier alpha value is -1.69. The van der Waals surface area contributed by atoms with Crippen LogP contribution < -0.4 is 4.74 Å². The second kappa shape index (κ2) is 5.09. The number of hydrogen-bond donors (Lipinski definition) is 1. The third-order valence-electron chi connectivity index (χ3n) is 2.12. The van der Waals surface area contributed by atoms with Crippen molar-refractivity contribution in [3.05, 3.63) is 29.8 Å². The Bertz CT molecular complexity index is 422. The Morgan fingerprint density at radius 2 is 2.12 bits per heavy atom. The van der Waals surface area contributed by atoms with E-state index in [4.69, 9.17) is 9.84 Å². The zero-order valence-electron chi connectivity index (χ0n) is 9.37. The summed E-state index contributed by atoms with van der Waals surface area (Å²) in [6, 6.07) is 3.29. The van der Waals surface area contributed by atoms with Crippen LogP contribution in [0.3, 0.4) is 0 Å². The topological polar surface area (TPSA) is 55.8 Å². The van der Waals surface area contributed by atoms with Crippen molar-refractivity contribution < 1.29 is 28.2 Å². The third kappa shape index (κ3) is 2.91. The van der Waals surface area contributed by atoms with E-state index in [2.05, 4.69) is 4.74 Å². The minimum Gasteiger partial charge on any atom is -0.478 e. The van der Waals surface area contributed by atoms with Crippen LogP contribution in [0, 0.1) is 11.6 Å². The lowest BCUT2D eigenvalue weighted by molar-refractivity contribution is -0.158. The normalized spacial score (nSPS) is 14.1. The summed E-state index contributed by atoms with van der Waals surface area (Å²) >= 11 is 0. The third-order valence-corrected chi connectivity index (χ3v) is 2.12. The summed E-state index contributed by atoms with van der Waals surface area (Å²) in [5, 5.41) is 8.96. The molecular weight excluding hydrogens is 234 g/mol. The van der Waals surface area contributed by atoms with E-state index in [-0.39, 0.29) is 6.61 Å². The van der Waals surface area contributed by atoms with Crippen molar-refractivity contribution in [2.75, 3.05) is 13.7 Å². The average Bonchev–Trinajstić information content (AvgIpc) is 2.25. The molecule has 0 saturated carbocycles. The summed E-state index contributed by atoms with van der Waals surface area (Å²) in [7, 11) is 1.28. The molecule has 0 heterocycles. The minimum absolute atomic E-state index is 0.293. The van der Waals surface area contributed by atoms with Gasteiger partial charge in [-0.1, -0.05) is 6.07 Å². The van der Waals surface area contributed by atoms with Crippen molar-refractivity contribution in [2.24, 2.45) is 0 Å². The van der Waals surface area contributed by atoms with Crippen molar-refractivity contribution >= 4 is 5.97 Å². The Balaban J connectivity index is 3.02. The van der Waals surface area contributed by atoms with Gasteiger partial charge >= 0.3 is 5.97 Å². The second-order valence-electron chi connectivity index (χ2n) is 3.62. The molecule has 1 atom stereocenters. The quantitative estimate of drug-likeness (QED) is 0.861. The maximum absolute atomic E-state index is 13.3. The van der Waals surface area contributed by atoms with Gasteiger partial charge in [0.05, 0.1) is 6.61 Å². The van der Waals surface area contributed by atoms with Gasteiger partial charge in [-0.05, 0) is 19.1 Å². The second-order valence-corrected chi connectivity index (χ2v) is 3.62. The SMILES string of the molecule is COCC(C)(Oc1cccc(F)c1F)C(=O)O. The number of halogens is 2. The summed E-state index contributed by atoms with van der Waals surface area (Å²) in [6.45, 7) is 0.918. The molecule has 17 heavy (non-hydrogen) atoms. The summed E-state index contributed by atoms with van der Waals surface area (Å²) < 4.78 is 35.9. The predicted molar refractivity (Wildman–Crippen MR) is 54.9 cm³/mol. The number of methoxy groups -OCH3 is 1. The molecule has 6 heteroatoms. The number of carbonyl (C=O) groups is 1. The lowest BCUT2D eigenvalue weighted by Crippen LogP contribution is -2.45. The minimum atomic E-state index is -1.77. The van der Waals surface area contributed by atoms with E-state index in [1.807, 2.05) is 0 Å². The molecule has 0 aliphatic rings. The fourth-order valence-corrected chi connectivity index (χ4v) is 1.22. The molecule has 1 N–H and O–H groups in total. The fraction of sp³-hybridized carbons (Fsp3) is 0.364. The molecule has 1 aromatic rings. The van der Waals surface area contributed by atoms with Crippen LogP contribution in [0.5, 0.6) is 5.75 Å². The Labute approximate surface area is 96.8 Å². The molecule has 1 unspecified atom stereocenters. The molecule has 0 aliphatic heterocycles. The Morgan fingerprint density at radius 1 is 1.47 bits per heavy atom. The van der Waals surface area contributed by atoms with E-state index >= 15 is 0 Å². The molecular formula is C11H12F2O4. The van der Waals surface area contributed by atoms with E-state index in [1.54, 1.807) is 0 Å². The van der Waals surface area contributed by atoms with Gasteiger partial charge in [-0.3, -0.25) is 0 Å². The van der Waals surface area contributed by atoms with Crippen LogP contribution in [0.1, 0.15) is 6.92 Å². The maximum atomic E-state index is 13.3. The van der Waals surface area contributed by atoms with E-state index in [1.165, 1.54) is 20.1 Å². The molecule has 0 aliphatic carbocycles. The molecule has 1 rings (SSSR count). The number of benzene rings is 1. The average molecular weight is 246 g/mol. The van der Waals surface area contributed by atoms with Gasteiger partial charge in [-0.15, -0.1) is 0 Å². The number of carboxylic acid groups (broad SMARTS) is 1. The summed E-state index contributed by atoms with van der Waals surface area (Å²) in [5.74, 6) is -4.13. The van der Waals surface area contributed by atoms with Gasteiger partial charge < -0.3 is 14.6 Å². The highest BCUT2D eigenvalue weighted by Gasteiger charge is 2.36. The maximum Gasteiger partial charge on any atom is 0.350 e. The molecule has 0 aromatic heterocycles. The first-order valence-corrected chi connectivity index (χ1v) is 4.76. The van der Waals surface area contributed by atoms with Gasteiger partial charge in [-0.25, -0.2) is 9.18 Å². The van der Waals surface area contributed by atoms with Gasteiger partial charge in [0.25, 0.3) is 0 Å². The predicted octanol–water partition coefficient (Wildman–Crippen LogP) is 1.83. The number of rotatable bonds is 5. The van der Waals surface area contributed by atoms with Crippen molar-refractivity contribution in [3.63, 3.8) is 0 Å². The first kappa shape index (κ1) is 13.4. The van der Waals surface area contributed by atoms with Gasteiger partial charge in [0.2, 0.25) is 11.4 Å². The molecule has 1 aromatic carbocycles. The summed E-state index contributed by atoms with van der Waals surface area (Å²) in [4.78, 5) is 11.0. The van der Waals surface area contributed by atoms with Crippen LogP contribution >= 0.6 is 0 Å². The summed E-state index contributed by atoms with van der Waals surface area (Å²) in [6.07, 6.45) is 0. The van der Waals surface area contributed by atoms with E-state index < -0.39 is 29.0 Å². The molecule has 94 valence electrons. The van der Waals surface area contributed by atoms with E-state index in [0.29, 0.717) is 0 Å². The smallest absolute Gasteiger partial charge is 0.350 e. The van der Waals surface area contributed by atoms with E-state index in [0.717, 1.165) is 12.1 Å². The van der Waals surface area contributed by atoms with Crippen molar-refractivity contribution in [2.45, 2.75) is 12.5 Å². The molecule has 4 nitrogen and oxygen atoms in total. The standard InChI is InChI=1S/C11H12F2O4/c1-11(6-16-2,10(14)15)17-8-5-3-4-7(12)9(8)13/h3-5H,6H2,1-2H3,(H,14,15). The fourth-order valence-electron chi connectivity index (χ4n) is 1.22. The Morgan fingerprint density at radius 3 is 2.65 bits per heavy atom. The van der Waals surface area contributed by atoms with Gasteiger partial charge in [0, 0.05) is 7.11 Å². The van der Waals surface area contributed by atoms with Crippen molar-refractivity contribution in [1.29, 1.82) is 0 Å². The van der Waals surface area contributed by atoms with Crippen LogP contribution in [0.15, 0.2) is 18.2 Å². The number of hydrogen-bond acceptors (Lipinski definition) is 3. The number of aliphatic carboxylic acids is 1. The monoisotopic (exact) mass is 246 g/mol. The van der Waals surface area contributed by atoms with Gasteiger partial charge in [0.1, 0.15) is 0 Å². The lowest BCUT2D eigenvalue weighted by Gasteiger charge is -2.25. The zero-order chi connectivity index (χ0) is 13.1. The van der Waals surface area contributed by atoms with Crippen molar-refractivity contribution in [3.8, 4) is 5.75 Å². The molecule has 0 amide bonds. The van der Waals surface area contributed by atoms with Crippen molar-refractivity contribution in [1.82, 2.24) is 0 Å². The summed E-state index contributed by atoms with van der Waals surface area (Å²) in [5.41, 5.74) is -1.77. The highest BCUT2D eigenvalue weighted by Crippen LogP contribution is 2.24. The van der Waals surface area contributed by atoms with Crippen LogP contribution in [0.25, 0.3) is 0 Å². The van der Waals surface area contributed by atoms with Crippen LogP contribution in [-0.2, 0) is 9.53 Å². The van der Waals surface area contributed by atoms with E-state index in [9.17, 15) is 13.6 Å². The zero-order valence-corrected chi connectivity index (χ0v) is 9.37. The lowest BCUT2D eigenvalue weighted by atomic mass is 10.1. The highest BCUT2D eigenvalue weighted by molar-refractivity contribution is 5.77. The number of ether oxygens (including phenoxy) is 2. The molecule has 0 radical (unpaired) electrons. The molecule has 0 bridgehead atoms. The Kier molecular flexibility index (Phi) is 4.01. The molecule has 0 saturated heterocycles. The first-order chi connectivity index (χ1) is 7.90. The number of carboxylic acids is 1. The molecule has 0 fully saturated rings. The van der Waals surface area contributed by atoms with Crippen LogP contribution in [0.4, 0.5) is 8.78 Å². The largest absolute Gasteiger partial charge is 0.478 e. The van der Waals surface area contributed by atoms with Gasteiger partial charge in [-0.2, -0.15) is 4.39 Å². The molecule has 0 spiro atoms. The highest BCUT2D eigenvalue weighted by atomic mass is 19.2. The van der Waals surface area contributed by atoms with Crippen LogP contribution in [0.2, 0.25) is 0 Å².